The van der Waals surface area contributed by atoms with Crippen molar-refractivity contribution in [2.75, 3.05) is 0 Å². The zero-order valence-corrected chi connectivity index (χ0v) is 15.6. The van der Waals surface area contributed by atoms with E-state index in [1.54, 1.807) is 12.1 Å². The second-order valence-corrected chi connectivity index (χ2v) is 10.0. The van der Waals surface area contributed by atoms with Crippen LogP contribution in [0.5, 0.6) is 0 Å². The van der Waals surface area contributed by atoms with Crippen molar-refractivity contribution >= 4 is 33.4 Å². The third-order valence-corrected chi connectivity index (χ3v) is 8.62. The molecule has 26 heavy (non-hydrogen) atoms. The number of thiol groups is 2. The Labute approximate surface area is 157 Å². The standard InChI is InChI=1S/C22H16O2S2/c23-21-15-7-5-9-17(25-11-1-2-12-25)19(15)22(24)20-16(21)8-6-10-18(20)26-13-3-4-14-26/h1-14,25-26H. The van der Waals surface area contributed by atoms with Crippen LogP contribution in [-0.4, -0.2) is 11.6 Å². The number of allylic oxidation sites excluding steroid dienone is 4. The molecule has 0 unspecified atom stereocenters. The van der Waals surface area contributed by atoms with Gasteiger partial charge in [0.15, 0.2) is 11.6 Å². The molecule has 0 saturated heterocycles. The van der Waals surface area contributed by atoms with Crippen LogP contribution in [0.25, 0.3) is 0 Å². The van der Waals surface area contributed by atoms with E-state index in [1.807, 2.05) is 48.6 Å². The van der Waals surface area contributed by atoms with Gasteiger partial charge in [-0.25, -0.2) is 0 Å². The van der Waals surface area contributed by atoms with Gasteiger partial charge in [0, 0.05) is 32.0 Å². The average Bonchev–Trinajstić information content (AvgIpc) is 3.39. The van der Waals surface area contributed by atoms with Crippen molar-refractivity contribution in [2.24, 2.45) is 0 Å². The van der Waals surface area contributed by atoms with Gasteiger partial charge in [-0.15, -0.1) is 0 Å². The molecule has 0 aromatic heterocycles. The summed E-state index contributed by atoms with van der Waals surface area (Å²) in [7, 11) is -1.33. The van der Waals surface area contributed by atoms with E-state index in [2.05, 4.69) is 21.6 Å². The second kappa shape index (κ2) is 6.01. The van der Waals surface area contributed by atoms with Crippen molar-refractivity contribution in [1.82, 2.24) is 0 Å². The Morgan fingerprint density at radius 2 is 0.962 bits per heavy atom. The Morgan fingerprint density at radius 3 is 1.38 bits per heavy atom. The number of carbonyl (C=O) groups excluding carboxylic acids is 2. The van der Waals surface area contributed by atoms with Gasteiger partial charge in [-0.1, -0.05) is 48.6 Å². The highest BCUT2D eigenvalue weighted by molar-refractivity contribution is 8.22. The smallest absolute Gasteiger partial charge is 0.196 e. The first-order valence-corrected chi connectivity index (χ1v) is 11.3. The van der Waals surface area contributed by atoms with Crippen LogP contribution in [0.4, 0.5) is 0 Å². The zero-order chi connectivity index (χ0) is 17.7. The van der Waals surface area contributed by atoms with Crippen LogP contribution < -0.4 is 0 Å². The van der Waals surface area contributed by atoms with E-state index in [-0.39, 0.29) is 11.6 Å². The van der Waals surface area contributed by atoms with Crippen LogP contribution in [0, 0.1) is 0 Å². The molecule has 0 fully saturated rings. The monoisotopic (exact) mass is 376 g/mol. The van der Waals surface area contributed by atoms with Crippen LogP contribution in [0.3, 0.4) is 0 Å². The van der Waals surface area contributed by atoms with Crippen molar-refractivity contribution < 1.29 is 9.59 Å². The van der Waals surface area contributed by atoms with Crippen LogP contribution in [0.2, 0.25) is 0 Å². The second-order valence-electron chi connectivity index (χ2n) is 6.24. The van der Waals surface area contributed by atoms with Crippen LogP contribution in [0.15, 0.2) is 92.1 Å². The first kappa shape index (κ1) is 15.7. The molecule has 0 N–H and O–H groups in total. The number of rotatable bonds is 2. The Morgan fingerprint density at radius 1 is 0.538 bits per heavy atom. The van der Waals surface area contributed by atoms with Gasteiger partial charge in [-0.05, 0) is 33.8 Å². The summed E-state index contributed by atoms with van der Waals surface area (Å²) in [5.74, 6) is -0.0455. The van der Waals surface area contributed by atoms with Crippen molar-refractivity contribution in [3.8, 4) is 0 Å². The molecule has 0 atom stereocenters. The highest BCUT2D eigenvalue weighted by atomic mass is 32.2. The molecule has 3 aliphatic rings. The van der Waals surface area contributed by atoms with Gasteiger partial charge in [0.05, 0.1) is 0 Å². The highest BCUT2D eigenvalue weighted by Gasteiger charge is 2.34. The minimum Gasteiger partial charge on any atom is -0.289 e. The Bertz CT molecular complexity index is 982. The molecular formula is C22H16O2S2. The van der Waals surface area contributed by atoms with E-state index < -0.39 is 21.8 Å². The Balaban J connectivity index is 1.75. The lowest BCUT2D eigenvalue weighted by Gasteiger charge is -2.26. The lowest BCUT2D eigenvalue weighted by Crippen LogP contribution is -2.23. The summed E-state index contributed by atoms with van der Waals surface area (Å²) in [5, 5.41) is 8.49. The summed E-state index contributed by atoms with van der Waals surface area (Å²) >= 11 is 0. The lowest BCUT2D eigenvalue weighted by atomic mass is 9.84. The molecule has 0 saturated carbocycles. The molecular weight excluding hydrogens is 360 g/mol. The molecule has 0 radical (unpaired) electrons. The van der Waals surface area contributed by atoms with E-state index in [0.717, 1.165) is 9.79 Å². The molecule has 5 rings (SSSR count). The summed E-state index contributed by atoms with van der Waals surface area (Å²) in [6.45, 7) is 0. The van der Waals surface area contributed by atoms with Gasteiger partial charge >= 0.3 is 0 Å². The van der Waals surface area contributed by atoms with Gasteiger partial charge in [-0.2, -0.15) is 21.8 Å². The molecule has 2 nitrogen and oxygen atoms in total. The molecule has 1 aliphatic carbocycles. The number of benzene rings is 2. The van der Waals surface area contributed by atoms with Crippen molar-refractivity contribution in [2.45, 2.75) is 9.79 Å². The maximum Gasteiger partial charge on any atom is 0.196 e. The quantitative estimate of drug-likeness (QED) is 0.598. The third-order valence-electron chi connectivity index (χ3n) is 4.79. The maximum atomic E-state index is 13.6. The minimum absolute atomic E-state index is 0.00630. The van der Waals surface area contributed by atoms with Crippen molar-refractivity contribution in [3.05, 3.63) is 105 Å². The summed E-state index contributed by atoms with van der Waals surface area (Å²) in [4.78, 5) is 28.7. The number of fused-ring (bicyclic) bond motifs is 2. The first-order valence-electron chi connectivity index (χ1n) is 8.38. The average molecular weight is 377 g/mol. The molecule has 2 heterocycles. The summed E-state index contributed by atoms with van der Waals surface area (Å²) in [6, 6.07) is 11.3. The maximum absolute atomic E-state index is 13.6. The summed E-state index contributed by atoms with van der Waals surface area (Å²) < 4.78 is 0. The summed E-state index contributed by atoms with van der Waals surface area (Å²) in [5.41, 5.74) is 2.28. The topological polar surface area (TPSA) is 34.1 Å². The van der Waals surface area contributed by atoms with Crippen LogP contribution in [-0.2, 0) is 0 Å². The predicted octanol–water partition coefficient (Wildman–Crippen LogP) is 5.26. The van der Waals surface area contributed by atoms with Gasteiger partial charge in [0.25, 0.3) is 0 Å². The molecule has 128 valence electrons. The minimum atomic E-state index is -0.667. The fourth-order valence-electron chi connectivity index (χ4n) is 3.63. The fourth-order valence-corrected chi connectivity index (χ4v) is 7.08. The highest BCUT2D eigenvalue weighted by Crippen LogP contribution is 2.50. The lowest BCUT2D eigenvalue weighted by molar-refractivity contribution is 0.0974. The van der Waals surface area contributed by atoms with Crippen molar-refractivity contribution in [1.29, 1.82) is 0 Å². The SMILES string of the molecule is O=C1c2cccc([SH]3C=CC=C3)c2C(=O)c2c1cccc2[SH]1C=CC=C1. The van der Waals surface area contributed by atoms with Gasteiger partial charge in [0.1, 0.15) is 0 Å². The molecule has 0 amide bonds. The molecule has 4 heteroatoms. The number of carbonyl (C=O) groups is 2. The normalized spacial score (nSPS) is 19.4. The molecule has 0 spiro atoms. The van der Waals surface area contributed by atoms with Gasteiger partial charge in [0.2, 0.25) is 0 Å². The molecule has 2 aromatic rings. The molecule has 2 aromatic carbocycles. The largest absolute Gasteiger partial charge is 0.289 e. The van der Waals surface area contributed by atoms with Crippen LogP contribution in [0.1, 0.15) is 31.8 Å². The predicted molar refractivity (Wildman–Crippen MR) is 111 cm³/mol. The third kappa shape index (κ3) is 2.23. The number of hydrogen-bond acceptors (Lipinski definition) is 2. The van der Waals surface area contributed by atoms with Crippen LogP contribution >= 0.6 is 21.8 Å². The Kier molecular flexibility index (Phi) is 3.62. The Hall–Kier alpha value is -2.56. The zero-order valence-electron chi connectivity index (χ0n) is 13.8. The molecule has 0 bridgehead atoms. The molecule has 2 aliphatic heterocycles. The number of hydrogen-bond donors (Lipinski definition) is 2. The van der Waals surface area contributed by atoms with Gasteiger partial charge in [-0.3, -0.25) is 9.59 Å². The van der Waals surface area contributed by atoms with E-state index in [0.29, 0.717) is 22.3 Å². The van der Waals surface area contributed by atoms with Gasteiger partial charge < -0.3 is 0 Å². The van der Waals surface area contributed by atoms with E-state index in [1.165, 1.54) is 0 Å². The van der Waals surface area contributed by atoms with E-state index in [9.17, 15) is 9.59 Å². The van der Waals surface area contributed by atoms with E-state index in [4.69, 9.17) is 0 Å². The number of ketones is 2. The van der Waals surface area contributed by atoms with E-state index >= 15 is 0 Å². The van der Waals surface area contributed by atoms with Crippen molar-refractivity contribution in [3.63, 3.8) is 0 Å². The first-order chi connectivity index (χ1) is 12.8. The summed E-state index contributed by atoms with van der Waals surface area (Å²) in [6.07, 6.45) is 8.04. The fraction of sp³-hybridized carbons (Fsp3) is 0.